The van der Waals surface area contributed by atoms with Crippen LogP contribution in [-0.2, 0) is 15.9 Å². The molecule has 1 aromatic heterocycles. The molecule has 0 aromatic carbocycles. The highest BCUT2D eigenvalue weighted by Gasteiger charge is 2.14. The molecule has 2 rings (SSSR count). The van der Waals surface area contributed by atoms with Crippen molar-refractivity contribution in [2.45, 2.75) is 45.1 Å². The minimum absolute atomic E-state index is 0. The summed E-state index contributed by atoms with van der Waals surface area (Å²) in [5.41, 5.74) is 1.11. The van der Waals surface area contributed by atoms with E-state index in [1.807, 2.05) is 6.92 Å². The van der Waals surface area contributed by atoms with Gasteiger partial charge < -0.3 is 20.1 Å². The number of aryl methyl sites for hydroxylation is 2. The summed E-state index contributed by atoms with van der Waals surface area (Å²) < 4.78 is 11.2. The van der Waals surface area contributed by atoms with Gasteiger partial charge in [-0.2, -0.15) is 0 Å². The van der Waals surface area contributed by atoms with Gasteiger partial charge in [-0.3, -0.25) is 4.99 Å². The van der Waals surface area contributed by atoms with Crippen molar-refractivity contribution in [1.29, 1.82) is 0 Å². The minimum atomic E-state index is 0. The molecule has 1 aliphatic rings. The van der Waals surface area contributed by atoms with Gasteiger partial charge in [0.2, 0.25) is 0 Å². The number of nitrogens with zero attached hydrogens (tertiary/aromatic N) is 2. The summed E-state index contributed by atoms with van der Waals surface area (Å²) in [6, 6.07) is 0. The van der Waals surface area contributed by atoms with Gasteiger partial charge in [0.25, 0.3) is 0 Å². The van der Waals surface area contributed by atoms with E-state index in [1.165, 1.54) is 11.4 Å². The van der Waals surface area contributed by atoms with Gasteiger partial charge in [-0.25, -0.2) is 4.98 Å². The van der Waals surface area contributed by atoms with Crippen LogP contribution in [0, 0.1) is 6.92 Å². The van der Waals surface area contributed by atoms with Gasteiger partial charge in [-0.05, 0) is 32.6 Å². The summed E-state index contributed by atoms with van der Waals surface area (Å²) >= 11 is 1.74. The molecule has 0 bridgehead atoms. The maximum absolute atomic E-state index is 5.65. The lowest BCUT2D eigenvalue weighted by Gasteiger charge is -2.12. The van der Waals surface area contributed by atoms with E-state index in [0.717, 1.165) is 70.2 Å². The van der Waals surface area contributed by atoms with Crippen molar-refractivity contribution in [2.75, 3.05) is 40.0 Å². The summed E-state index contributed by atoms with van der Waals surface area (Å²) in [6.45, 7) is 6.16. The molecule has 25 heavy (non-hydrogen) atoms. The Balaban J connectivity index is 0.00000312. The quantitative estimate of drug-likeness (QED) is 0.232. The first kappa shape index (κ1) is 22.6. The van der Waals surface area contributed by atoms with Crippen molar-refractivity contribution in [3.63, 3.8) is 0 Å². The molecule has 8 heteroatoms. The summed E-state index contributed by atoms with van der Waals surface area (Å²) in [4.78, 5) is 8.71. The zero-order valence-electron chi connectivity index (χ0n) is 15.3. The van der Waals surface area contributed by atoms with Gasteiger partial charge in [0.05, 0.1) is 17.7 Å². The number of hydrogen-bond donors (Lipinski definition) is 2. The van der Waals surface area contributed by atoms with Crippen LogP contribution in [0.15, 0.2) is 10.4 Å². The summed E-state index contributed by atoms with van der Waals surface area (Å²) in [6.07, 6.45) is 5.65. The van der Waals surface area contributed by atoms with Crippen LogP contribution >= 0.6 is 35.3 Å². The normalized spacial score (nSPS) is 17.4. The minimum Gasteiger partial charge on any atom is -0.379 e. The first-order chi connectivity index (χ1) is 11.8. The topological polar surface area (TPSA) is 67.8 Å². The lowest BCUT2D eigenvalue weighted by atomic mass is 10.2. The van der Waals surface area contributed by atoms with Crippen LogP contribution in [0.5, 0.6) is 0 Å². The van der Waals surface area contributed by atoms with Gasteiger partial charge in [0.15, 0.2) is 5.96 Å². The van der Waals surface area contributed by atoms with E-state index in [2.05, 4.69) is 26.0 Å². The fraction of sp³-hybridized carbons (Fsp3) is 0.765. The molecule has 144 valence electrons. The van der Waals surface area contributed by atoms with Crippen molar-refractivity contribution in [2.24, 2.45) is 4.99 Å². The van der Waals surface area contributed by atoms with Crippen LogP contribution in [-0.4, -0.2) is 57.0 Å². The van der Waals surface area contributed by atoms with Gasteiger partial charge in [-0.15, -0.1) is 35.3 Å². The van der Waals surface area contributed by atoms with Gasteiger partial charge in [0, 0.05) is 50.8 Å². The maximum Gasteiger partial charge on any atom is 0.190 e. The van der Waals surface area contributed by atoms with Crippen LogP contribution in [0.2, 0.25) is 0 Å². The molecule has 0 aliphatic carbocycles. The Morgan fingerprint density at radius 3 is 2.84 bits per heavy atom. The van der Waals surface area contributed by atoms with Crippen LogP contribution in [0.1, 0.15) is 36.4 Å². The number of ether oxygens (including phenoxy) is 2. The van der Waals surface area contributed by atoms with Gasteiger partial charge in [0.1, 0.15) is 0 Å². The lowest BCUT2D eigenvalue weighted by Crippen LogP contribution is -2.38. The summed E-state index contributed by atoms with van der Waals surface area (Å²) in [5.74, 6) is 0.851. The Hall–Kier alpha value is -0.450. The predicted octanol–water partition coefficient (Wildman–Crippen LogP) is 2.75. The third kappa shape index (κ3) is 9.72. The molecule has 0 spiro atoms. The second-order valence-electron chi connectivity index (χ2n) is 5.98. The van der Waals surface area contributed by atoms with E-state index in [1.54, 1.807) is 18.4 Å². The molecule has 2 N–H and O–H groups in total. The second kappa shape index (κ2) is 13.7. The number of guanidine groups is 1. The number of aliphatic imine (C=N–C) groups is 1. The van der Waals surface area contributed by atoms with Crippen LogP contribution in [0.4, 0.5) is 0 Å². The molecule has 1 aromatic rings. The SMILES string of the molecule is CN=C(NCCCOCC1CCCO1)NCCCc1nc(C)cs1.I. The average molecular weight is 482 g/mol. The van der Waals surface area contributed by atoms with E-state index in [4.69, 9.17) is 9.47 Å². The molecule has 1 atom stereocenters. The smallest absolute Gasteiger partial charge is 0.190 e. The molecule has 2 heterocycles. The third-order valence-corrected chi connectivity index (χ3v) is 4.86. The molecule has 0 saturated carbocycles. The van der Waals surface area contributed by atoms with Gasteiger partial charge in [-0.1, -0.05) is 0 Å². The second-order valence-corrected chi connectivity index (χ2v) is 6.92. The van der Waals surface area contributed by atoms with Crippen molar-refractivity contribution < 1.29 is 9.47 Å². The molecule has 0 amide bonds. The largest absolute Gasteiger partial charge is 0.379 e. The zero-order chi connectivity index (χ0) is 17.0. The molecule has 1 aliphatic heterocycles. The number of rotatable bonds is 10. The van der Waals surface area contributed by atoms with E-state index in [9.17, 15) is 0 Å². The highest BCUT2D eigenvalue weighted by atomic mass is 127. The zero-order valence-corrected chi connectivity index (χ0v) is 18.4. The number of aromatic nitrogens is 1. The van der Waals surface area contributed by atoms with Crippen molar-refractivity contribution in [3.8, 4) is 0 Å². The third-order valence-electron chi connectivity index (χ3n) is 3.84. The van der Waals surface area contributed by atoms with E-state index in [-0.39, 0.29) is 24.0 Å². The molecule has 1 fully saturated rings. The Morgan fingerprint density at radius 1 is 1.40 bits per heavy atom. The summed E-state index contributed by atoms with van der Waals surface area (Å²) in [7, 11) is 1.80. The molecular weight excluding hydrogens is 451 g/mol. The van der Waals surface area contributed by atoms with E-state index < -0.39 is 0 Å². The highest BCUT2D eigenvalue weighted by molar-refractivity contribution is 14.0. The van der Waals surface area contributed by atoms with Crippen molar-refractivity contribution in [3.05, 3.63) is 16.1 Å². The molecule has 6 nitrogen and oxygen atoms in total. The van der Waals surface area contributed by atoms with E-state index >= 15 is 0 Å². The lowest BCUT2D eigenvalue weighted by molar-refractivity contribution is 0.0168. The number of halogens is 1. The first-order valence-corrected chi connectivity index (χ1v) is 9.71. The number of hydrogen-bond acceptors (Lipinski definition) is 5. The van der Waals surface area contributed by atoms with Crippen LogP contribution in [0.3, 0.4) is 0 Å². The fourth-order valence-corrected chi connectivity index (χ4v) is 3.37. The monoisotopic (exact) mass is 482 g/mol. The Labute approximate surface area is 172 Å². The Morgan fingerprint density at radius 2 is 2.20 bits per heavy atom. The molecular formula is C17H31IN4O2S. The predicted molar refractivity (Wildman–Crippen MR) is 114 cm³/mol. The number of thiazole rings is 1. The Kier molecular flexibility index (Phi) is 12.4. The van der Waals surface area contributed by atoms with E-state index in [0.29, 0.717) is 6.10 Å². The number of nitrogens with one attached hydrogen (secondary N) is 2. The van der Waals surface area contributed by atoms with Crippen LogP contribution < -0.4 is 10.6 Å². The highest BCUT2D eigenvalue weighted by Crippen LogP contribution is 2.12. The molecule has 0 radical (unpaired) electrons. The fourth-order valence-electron chi connectivity index (χ4n) is 2.56. The maximum atomic E-state index is 5.65. The molecule has 1 saturated heterocycles. The average Bonchev–Trinajstić information content (AvgIpc) is 3.24. The Bertz CT molecular complexity index is 493. The van der Waals surface area contributed by atoms with Crippen LogP contribution in [0.25, 0.3) is 0 Å². The standard InChI is InChI=1S/C17H30N4O2S.HI/c1-14-13-24-16(21-14)7-3-8-19-17(18-2)20-9-5-10-22-12-15-6-4-11-23-15;/h13,15H,3-12H2,1-2H3,(H2,18,19,20);1H. The van der Waals surface area contributed by atoms with Crippen molar-refractivity contribution in [1.82, 2.24) is 15.6 Å². The van der Waals surface area contributed by atoms with Crippen molar-refractivity contribution >= 4 is 41.3 Å². The first-order valence-electron chi connectivity index (χ1n) is 8.83. The molecule has 1 unspecified atom stereocenters. The van der Waals surface area contributed by atoms with Gasteiger partial charge >= 0.3 is 0 Å². The summed E-state index contributed by atoms with van der Waals surface area (Å²) in [5, 5.41) is 9.96.